The first-order valence-electron chi connectivity index (χ1n) is 22.0. The fourth-order valence-corrected chi connectivity index (χ4v) is 9.38. The first-order valence-corrected chi connectivity index (χ1v) is 23.7. The van der Waals surface area contributed by atoms with E-state index in [-0.39, 0.29) is 51.3 Å². The van der Waals surface area contributed by atoms with Gasteiger partial charge in [0.25, 0.3) is 5.88 Å². The van der Waals surface area contributed by atoms with Crippen molar-refractivity contribution in [3.63, 3.8) is 0 Å². The standard InChI is InChI=1S/C46H59N7O10S2/c1-30-41(65-29-49-30)32-7-5-31(6-8-32)25-48-44(56)37-23-33(54)26-53(37)45(57)43(46(2,3)4)50-39(55)28-60-19-18-58-16-17-59-20-21-61-40-24-35(63-51-40)27-52-14-10-34(11-15-52)62-38-9-13-47-36-12-22-64-42(36)38/h5-9,12-13,22,24,29,33-34,37,43,54H,10-11,14-21,23,25-28H2,1-4H3,(H,48,56)(H,50,55)/t33-,37+,43-/m1/s1. The lowest BCUT2D eigenvalue weighted by Gasteiger charge is -2.35. The Morgan fingerprint density at radius 1 is 0.954 bits per heavy atom. The largest absolute Gasteiger partial charge is 0.489 e. The molecule has 65 heavy (non-hydrogen) atoms. The molecule has 2 fully saturated rings. The molecule has 350 valence electrons. The highest BCUT2D eigenvalue weighted by molar-refractivity contribution is 7.17. The van der Waals surface area contributed by atoms with Gasteiger partial charge in [0.15, 0.2) is 5.76 Å². The average Bonchev–Trinajstić information content (AvgIpc) is 4.13. The Hall–Kier alpha value is -5.02. The number of fused-ring (bicyclic) bond motifs is 1. The van der Waals surface area contributed by atoms with Crippen LogP contribution in [0.25, 0.3) is 20.7 Å². The van der Waals surface area contributed by atoms with Crippen LogP contribution in [0.2, 0.25) is 0 Å². The summed E-state index contributed by atoms with van der Waals surface area (Å²) in [7, 11) is 0. The molecule has 3 atom stereocenters. The minimum absolute atomic E-state index is 0.0135. The second kappa shape index (κ2) is 22.9. The van der Waals surface area contributed by atoms with Crippen LogP contribution in [0.3, 0.4) is 0 Å². The number of ether oxygens (including phenoxy) is 5. The number of hydrogen-bond donors (Lipinski definition) is 3. The summed E-state index contributed by atoms with van der Waals surface area (Å²) in [5.41, 5.74) is 5.00. The maximum atomic E-state index is 13.9. The number of hydrogen-bond acceptors (Lipinski definition) is 16. The number of β-amino-alcohol motifs (C(OH)–C–C–N with tert-alkyl or cyclic N) is 1. The molecule has 5 aromatic rings. The van der Waals surface area contributed by atoms with Gasteiger partial charge >= 0.3 is 0 Å². The van der Waals surface area contributed by atoms with E-state index in [2.05, 4.69) is 30.7 Å². The highest BCUT2D eigenvalue weighted by Crippen LogP contribution is 2.32. The summed E-state index contributed by atoms with van der Waals surface area (Å²) in [4.78, 5) is 53.8. The van der Waals surface area contributed by atoms with Crippen LogP contribution in [0.15, 0.2) is 64.1 Å². The van der Waals surface area contributed by atoms with Crippen LogP contribution in [0, 0.1) is 12.3 Å². The van der Waals surface area contributed by atoms with E-state index in [0.717, 1.165) is 69.4 Å². The molecule has 1 aromatic carbocycles. The van der Waals surface area contributed by atoms with Crippen molar-refractivity contribution < 1.29 is 47.7 Å². The second-order valence-corrected chi connectivity index (χ2v) is 19.0. The maximum Gasteiger partial charge on any atom is 0.254 e. The van der Waals surface area contributed by atoms with Crippen molar-refractivity contribution in [2.75, 3.05) is 65.9 Å². The van der Waals surface area contributed by atoms with Crippen molar-refractivity contribution in [3.8, 4) is 22.1 Å². The minimum Gasteiger partial charge on any atom is -0.489 e. The highest BCUT2D eigenvalue weighted by Gasteiger charge is 2.44. The SMILES string of the molecule is Cc1ncsc1-c1ccc(CNC(=O)[C@@H]2C[C@@H](O)CN2C(=O)[C@@H](NC(=O)COCCOCCOCCOc2cc(CN3CCC(Oc4ccnc5ccsc45)CC3)on2)C(C)(C)C)cc1. The molecule has 4 aromatic heterocycles. The van der Waals surface area contributed by atoms with Gasteiger partial charge in [0.05, 0.1) is 72.0 Å². The van der Waals surface area contributed by atoms with E-state index in [1.807, 2.05) is 75.0 Å². The Bertz CT molecular complexity index is 2300. The van der Waals surface area contributed by atoms with Crippen LogP contribution < -0.4 is 20.1 Å². The molecule has 0 aliphatic carbocycles. The van der Waals surface area contributed by atoms with Crippen molar-refractivity contribution in [3.05, 3.63) is 76.6 Å². The first kappa shape index (κ1) is 47.9. The summed E-state index contributed by atoms with van der Waals surface area (Å²) in [6.07, 6.45) is 3.03. The van der Waals surface area contributed by atoms with E-state index in [4.69, 9.17) is 28.2 Å². The van der Waals surface area contributed by atoms with Crippen LogP contribution in [-0.2, 0) is 41.7 Å². The Morgan fingerprint density at radius 3 is 2.42 bits per heavy atom. The molecular weight excluding hydrogens is 875 g/mol. The number of aryl methyl sites for hydroxylation is 1. The van der Waals surface area contributed by atoms with Gasteiger partial charge < -0.3 is 48.8 Å². The Balaban J connectivity index is 0.725. The number of likely N-dealkylation sites (tertiary alicyclic amines) is 2. The molecule has 0 radical (unpaired) electrons. The number of rotatable bonds is 22. The predicted octanol–water partition coefficient (Wildman–Crippen LogP) is 5.00. The van der Waals surface area contributed by atoms with Crippen molar-refractivity contribution in [1.82, 2.24) is 35.6 Å². The number of aromatic nitrogens is 3. The van der Waals surface area contributed by atoms with E-state index in [9.17, 15) is 19.5 Å². The zero-order valence-corrected chi connectivity index (χ0v) is 39.0. The molecule has 6 heterocycles. The third-order valence-corrected chi connectivity index (χ3v) is 13.1. The number of aliphatic hydroxyl groups is 1. The summed E-state index contributed by atoms with van der Waals surface area (Å²) in [6, 6.07) is 11.8. The zero-order chi connectivity index (χ0) is 45.8. The van der Waals surface area contributed by atoms with Gasteiger partial charge in [0.2, 0.25) is 17.7 Å². The van der Waals surface area contributed by atoms with Crippen LogP contribution in [0.4, 0.5) is 0 Å². The average molecular weight is 934 g/mol. The number of aliphatic hydroxyl groups excluding tert-OH is 1. The molecule has 0 spiro atoms. The van der Waals surface area contributed by atoms with Crippen LogP contribution in [-0.4, -0.2) is 138 Å². The number of nitrogens with zero attached hydrogens (tertiary/aromatic N) is 5. The number of carbonyl (C=O) groups is 3. The van der Waals surface area contributed by atoms with Gasteiger partial charge in [-0.25, -0.2) is 4.98 Å². The molecule has 17 nitrogen and oxygen atoms in total. The Labute approximate surface area is 386 Å². The highest BCUT2D eigenvalue weighted by atomic mass is 32.1. The smallest absolute Gasteiger partial charge is 0.254 e. The second-order valence-electron chi connectivity index (χ2n) is 17.2. The van der Waals surface area contributed by atoms with E-state index in [1.54, 1.807) is 34.9 Å². The summed E-state index contributed by atoms with van der Waals surface area (Å²) < 4.78 is 35.3. The van der Waals surface area contributed by atoms with E-state index >= 15 is 0 Å². The number of nitrogens with one attached hydrogen (secondary N) is 2. The summed E-state index contributed by atoms with van der Waals surface area (Å²) >= 11 is 3.22. The molecular formula is C46H59N7O10S2. The number of amides is 3. The molecule has 3 N–H and O–H groups in total. The molecule has 0 saturated carbocycles. The number of carbonyl (C=O) groups excluding carboxylic acids is 3. The third kappa shape index (κ3) is 13.5. The van der Waals surface area contributed by atoms with Gasteiger partial charge in [-0.3, -0.25) is 24.3 Å². The van der Waals surface area contributed by atoms with E-state index in [0.29, 0.717) is 38.9 Å². The van der Waals surface area contributed by atoms with E-state index in [1.165, 1.54) is 4.90 Å². The monoisotopic (exact) mass is 933 g/mol. The normalized spacial score (nSPS) is 17.6. The number of thiophene rings is 1. The van der Waals surface area contributed by atoms with E-state index < -0.39 is 35.4 Å². The number of thiazole rings is 1. The zero-order valence-electron chi connectivity index (χ0n) is 37.4. The first-order chi connectivity index (χ1) is 31.4. The molecule has 3 amide bonds. The summed E-state index contributed by atoms with van der Waals surface area (Å²) in [5.74, 6) is 0.760. The van der Waals surface area contributed by atoms with Crippen LogP contribution in [0.1, 0.15) is 57.1 Å². The van der Waals surface area contributed by atoms with Crippen molar-refractivity contribution in [1.29, 1.82) is 0 Å². The van der Waals surface area contributed by atoms with Gasteiger partial charge in [-0.15, -0.1) is 22.7 Å². The number of benzene rings is 1. The van der Waals surface area contributed by atoms with Gasteiger partial charge in [-0.1, -0.05) is 45.0 Å². The van der Waals surface area contributed by atoms with Gasteiger partial charge in [0, 0.05) is 44.9 Å². The predicted molar refractivity (Wildman–Crippen MR) is 245 cm³/mol. The topological polar surface area (TPSA) is 200 Å². The fourth-order valence-electron chi connectivity index (χ4n) is 7.76. The van der Waals surface area contributed by atoms with Gasteiger partial charge in [0.1, 0.15) is 37.2 Å². The summed E-state index contributed by atoms with van der Waals surface area (Å²) in [5, 5.41) is 22.3. The molecule has 2 saturated heterocycles. The molecule has 19 heteroatoms. The lowest BCUT2D eigenvalue weighted by atomic mass is 9.85. The van der Waals surface area contributed by atoms with Gasteiger partial charge in [-0.2, -0.15) is 0 Å². The quantitative estimate of drug-likeness (QED) is 0.0784. The lowest BCUT2D eigenvalue weighted by Crippen LogP contribution is -2.58. The molecule has 2 aliphatic heterocycles. The fraction of sp³-hybridized carbons (Fsp3) is 0.522. The molecule has 7 rings (SSSR count). The van der Waals surface area contributed by atoms with Crippen LogP contribution in [0.5, 0.6) is 11.6 Å². The van der Waals surface area contributed by atoms with Gasteiger partial charge in [-0.05, 0) is 59.0 Å². The van der Waals surface area contributed by atoms with Crippen molar-refractivity contribution >= 4 is 50.6 Å². The maximum absolute atomic E-state index is 13.9. The third-order valence-electron chi connectivity index (χ3n) is 11.2. The van der Waals surface area contributed by atoms with Crippen molar-refractivity contribution in [2.45, 2.75) is 84.3 Å². The minimum atomic E-state index is -0.961. The summed E-state index contributed by atoms with van der Waals surface area (Å²) in [6.45, 7) is 11.5. The molecule has 0 unspecified atom stereocenters. The lowest BCUT2D eigenvalue weighted by molar-refractivity contribution is -0.144. The molecule has 2 aliphatic rings. The van der Waals surface area contributed by atoms with Crippen molar-refractivity contribution in [2.24, 2.45) is 5.41 Å². The van der Waals surface area contributed by atoms with Crippen LogP contribution >= 0.6 is 22.7 Å². The molecule has 0 bridgehead atoms. The number of pyridine rings is 1. The Morgan fingerprint density at radius 2 is 1.69 bits per heavy atom. The Kier molecular flexibility index (Phi) is 16.9. The number of piperidine rings is 1.